The highest BCUT2D eigenvalue weighted by atomic mass is 32.1. The van der Waals surface area contributed by atoms with Crippen LogP contribution in [0.15, 0.2) is 188 Å². The van der Waals surface area contributed by atoms with Crippen molar-refractivity contribution in [2.24, 2.45) is 0 Å². The highest BCUT2D eigenvalue weighted by Gasteiger charge is 2.20. The number of nitrogens with zero attached hydrogens (tertiary/aromatic N) is 3. The minimum atomic E-state index is 0.703. The van der Waals surface area contributed by atoms with Crippen LogP contribution in [0.5, 0.6) is 0 Å². The maximum Gasteiger partial charge on any atom is 0.160 e. The molecule has 260 valence electrons. The number of hydrogen-bond donors (Lipinski definition) is 0. The van der Waals surface area contributed by atoms with Gasteiger partial charge in [0.05, 0.1) is 22.4 Å². The van der Waals surface area contributed by atoms with Gasteiger partial charge in [-0.15, -0.1) is 11.3 Å². The van der Waals surface area contributed by atoms with Crippen LogP contribution in [-0.4, -0.2) is 14.5 Å². The Bertz CT molecular complexity index is 3430. The first-order chi connectivity index (χ1) is 27.8. The summed E-state index contributed by atoms with van der Waals surface area (Å²) in [7, 11) is 0. The van der Waals surface area contributed by atoms with Crippen LogP contribution in [0, 0.1) is 0 Å². The van der Waals surface area contributed by atoms with Gasteiger partial charge in [0.2, 0.25) is 0 Å². The predicted molar refractivity (Wildman–Crippen MR) is 238 cm³/mol. The molecular weight excluding hydrogens is 699 g/mol. The zero-order valence-electron chi connectivity index (χ0n) is 30.1. The fraction of sp³-hybridized carbons (Fsp3) is 0. The van der Waals surface area contributed by atoms with E-state index in [0.717, 1.165) is 33.8 Å². The standard InChI is InChI=1S/C52H31N3S/c1-2-14-34(15-3-1)43-31-44(42-30-36-16-6-9-19-40(36)48-41-20-10-11-21-47(41)56-51(42)48)54-52(53-43)35-22-26-37(27-23-35)55-45-28-24-32-12-4-7-17-38(32)49(45)50-39-18-8-5-13-33(39)25-29-46(50)55/h1-31H. The van der Waals surface area contributed by atoms with Gasteiger partial charge in [0.15, 0.2) is 5.82 Å². The van der Waals surface area contributed by atoms with Gasteiger partial charge < -0.3 is 4.57 Å². The van der Waals surface area contributed by atoms with Crippen molar-refractivity contribution in [2.45, 2.75) is 0 Å². The Labute approximate surface area is 326 Å². The molecule has 0 unspecified atom stereocenters. The monoisotopic (exact) mass is 729 g/mol. The predicted octanol–water partition coefficient (Wildman–Crippen LogP) is 14.4. The number of aromatic nitrogens is 3. The highest BCUT2D eigenvalue weighted by Crippen LogP contribution is 2.45. The summed E-state index contributed by atoms with van der Waals surface area (Å²) < 4.78 is 4.93. The normalized spacial score (nSPS) is 11.9. The number of fused-ring (bicyclic) bond motifs is 12. The van der Waals surface area contributed by atoms with E-state index in [1.165, 1.54) is 74.3 Å². The highest BCUT2D eigenvalue weighted by molar-refractivity contribution is 7.26. The third-order valence-corrected chi connectivity index (χ3v) is 12.6. The molecule has 0 radical (unpaired) electrons. The molecule has 12 rings (SSSR count). The Balaban J connectivity index is 1.07. The van der Waals surface area contributed by atoms with Crippen molar-refractivity contribution in [1.82, 2.24) is 14.5 Å². The van der Waals surface area contributed by atoms with Crippen molar-refractivity contribution in [2.75, 3.05) is 0 Å². The molecule has 0 N–H and O–H groups in total. The second-order valence-corrected chi connectivity index (χ2v) is 15.6. The molecule has 0 amide bonds. The molecule has 3 aromatic heterocycles. The molecule has 3 heterocycles. The SMILES string of the molecule is c1ccc(-c2cc(-c3cc4ccccc4c4c3sc3ccccc34)nc(-c3ccc(-n4c5ccc6ccccc6c5c5c6ccccc6ccc54)cc3)n2)cc1. The van der Waals surface area contributed by atoms with Crippen molar-refractivity contribution in [3.8, 4) is 39.6 Å². The molecule has 0 aliphatic heterocycles. The second-order valence-electron chi connectivity index (χ2n) is 14.5. The van der Waals surface area contributed by atoms with Gasteiger partial charge in [-0.2, -0.15) is 0 Å². The Morgan fingerprint density at radius 3 is 1.62 bits per heavy atom. The first-order valence-corrected chi connectivity index (χ1v) is 19.8. The third-order valence-electron chi connectivity index (χ3n) is 11.4. The van der Waals surface area contributed by atoms with Gasteiger partial charge in [-0.25, -0.2) is 9.97 Å². The quantitative estimate of drug-likeness (QED) is 0.181. The summed E-state index contributed by atoms with van der Waals surface area (Å²) in [4.78, 5) is 10.6. The van der Waals surface area contributed by atoms with E-state index in [0.29, 0.717) is 5.82 Å². The average molecular weight is 730 g/mol. The molecule has 0 fully saturated rings. The molecule has 0 spiro atoms. The van der Waals surface area contributed by atoms with E-state index in [9.17, 15) is 0 Å². The molecule has 0 bridgehead atoms. The lowest BCUT2D eigenvalue weighted by molar-refractivity contribution is 1.17. The van der Waals surface area contributed by atoms with E-state index in [2.05, 4.69) is 193 Å². The first kappa shape index (κ1) is 31.2. The van der Waals surface area contributed by atoms with Crippen molar-refractivity contribution in [3.05, 3.63) is 188 Å². The lowest BCUT2D eigenvalue weighted by Gasteiger charge is -2.13. The number of thiophene rings is 1. The van der Waals surface area contributed by atoms with Crippen molar-refractivity contribution >= 4 is 85.6 Å². The van der Waals surface area contributed by atoms with E-state index in [4.69, 9.17) is 9.97 Å². The van der Waals surface area contributed by atoms with Crippen LogP contribution in [0.4, 0.5) is 0 Å². The average Bonchev–Trinajstić information content (AvgIpc) is 3.84. The Hall–Kier alpha value is -7.14. The maximum atomic E-state index is 5.38. The topological polar surface area (TPSA) is 30.7 Å². The van der Waals surface area contributed by atoms with Gasteiger partial charge >= 0.3 is 0 Å². The van der Waals surface area contributed by atoms with E-state index in [1.54, 1.807) is 0 Å². The van der Waals surface area contributed by atoms with Crippen molar-refractivity contribution < 1.29 is 0 Å². The van der Waals surface area contributed by atoms with E-state index < -0.39 is 0 Å². The molecule has 0 atom stereocenters. The van der Waals surface area contributed by atoms with Gasteiger partial charge in [0.1, 0.15) is 0 Å². The summed E-state index contributed by atoms with van der Waals surface area (Å²) in [5.74, 6) is 0.703. The van der Waals surface area contributed by atoms with Gasteiger partial charge in [0.25, 0.3) is 0 Å². The van der Waals surface area contributed by atoms with Crippen LogP contribution in [0.1, 0.15) is 0 Å². The molecule has 3 nitrogen and oxygen atoms in total. The van der Waals surface area contributed by atoms with Gasteiger partial charge in [-0.05, 0) is 86.9 Å². The minimum Gasteiger partial charge on any atom is -0.309 e. The summed E-state index contributed by atoms with van der Waals surface area (Å²) in [5, 5.41) is 12.6. The van der Waals surface area contributed by atoms with Crippen LogP contribution in [-0.2, 0) is 0 Å². The molecule has 0 aliphatic rings. The molecule has 0 saturated heterocycles. The molecule has 4 heteroatoms. The van der Waals surface area contributed by atoms with Crippen LogP contribution in [0.3, 0.4) is 0 Å². The number of benzene rings is 9. The molecule has 12 aromatic rings. The van der Waals surface area contributed by atoms with Crippen LogP contribution in [0.2, 0.25) is 0 Å². The van der Waals surface area contributed by atoms with Crippen molar-refractivity contribution in [3.63, 3.8) is 0 Å². The largest absolute Gasteiger partial charge is 0.309 e. The second kappa shape index (κ2) is 12.2. The molecule has 0 aliphatic carbocycles. The zero-order valence-corrected chi connectivity index (χ0v) is 31.0. The Morgan fingerprint density at radius 1 is 0.393 bits per heavy atom. The van der Waals surface area contributed by atoms with E-state index in [-0.39, 0.29) is 0 Å². The summed E-state index contributed by atoms with van der Waals surface area (Å²) in [6.07, 6.45) is 0. The smallest absolute Gasteiger partial charge is 0.160 e. The van der Waals surface area contributed by atoms with Crippen LogP contribution in [0.25, 0.3) is 114 Å². The van der Waals surface area contributed by atoms with Crippen molar-refractivity contribution in [1.29, 1.82) is 0 Å². The van der Waals surface area contributed by atoms with Gasteiger partial charge in [-0.3, -0.25) is 0 Å². The summed E-state index contributed by atoms with van der Waals surface area (Å²) in [5.41, 5.74) is 8.46. The van der Waals surface area contributed by atoms with Crippen LogP contribution < -0.4 is 0 Å². The summed E-state index contributed by atoms with van der Waals surface area (Å²) in [6.45, 7) is 0. The summed E-state index contributed by atoms with van der Waals surface area (Å²) >= 11 is 1.84. The van der Waals surface area contributed by atoms with Gasteiger partial charge in [-0.1, -0.05) is 133 Å². The Kier molecular flexibility index (Phi) is 6.80. The number of hydrogen-bond acceptors (Lipinski definition) is 3. The number of rotatable bonds is 4. The molecule has 0 saturated carbocycles. The molecule has 56 heavy (non-hydrogen) atoms. The lowest BCUT2D eigenvalue weighted by atomic mass is 9.98. The summed E-state index contributed by atoms with van der Waals surface area (Å²) in [6, 6.07) is 67.7. The lowest BCUT2D eigenvalue weighted by Crippen LogP contribution is -1.97. The van der Waals surface area contributed by atoms with E-state index >= 15 is 0 Å². The minimum absolute atomic E-state index is 0.703. The molecular formula is C52H31N3S. The maximum absolute atomic E-state index is 5.38. The zero-order chi connectivity index (χ0) is 36.7. The Morgan fingerprint density at radius 2 is 0.946 bits per heavy atom. The fourth-order valence-electron chi connectivity index (χ4n) is 8.82. The van der Waals surface area contributed by atoms with E-state index in [1.807, 2.05) is 11.3 Å². The first-order valence-electron chi connectivity index (χ1n) is 19.0. The fourth-order valence-corrected chi connectivity index (χ4v) is 10.1. The third kappa shape index (κ3) is 4.70. The van der Waals surface area contributed by atoms with Crippen LogP contribution >= 0.6 is 11.3 Å². The van der Waals surface area contributed by atoms with Gasteiger partial charge in [0, 0.05) is 53.3 Å². The molecule has 9 aromatic carbocycles.